The summed E-state index contributed by atoms with van der Waals surface area (Å²) in [7, 11) is 0. The van der Waals surface area contributed by atoms with Crippen LogP contribution in [0.5, 0.6) is 0 Å². The molecule has 1 fully saturated rings. The van der Waals surface area contributed by atoms with Crippen molar-refractivity contribution in [1.82, 2.24) is 0 Å². The van der Waals surface area contributed by atoms with Crippen molar-refractivity contribution in [3.05, 3.63) is 34.6 Å². The molecule has 1 saturated carbocycles. The average molecular weight is 210 g/mol. The highest BCUT2D eigenvalue weighted by Gasteiger charge is 2.39. The van der Waals surface area contributed by atoms with Crippen LogP contribution >= 0.6 is 11.6 Å². The second-order valence-electron chi connectivity index (χ2n) is 3.71. The molecule has 14 heavy (non-hydrogen) atoms. The lowest BCUT2D eigenvalue weighted by Crippen LogP contribution is -2.32. The molecule has 1 aromatic rings. The smallest absolute Gasteiger partial charge is 0.125 e. The zero-order chi connectivity index (χ0) is 10.2. The van der Waals surface area contributed by atoms with Gasteiger partial charge in [-0.15, -0.1) is 0 Å². The minimum atomic E-state index is -0.480. The van der Waals surface area contributed by atoms with Crippen LogP contribution in [0.15, 0.2) is 18.2 Å². The summed E-state index contributed by atoms with van der Waals surface area (Å²) < 4.78 is 13.1. The quantitative estimate of drug-likeness (QED) is 0.695. The van der Waals surface area contributed by atoms with Crippen LogP contribution < -0.4 is 0 Å². The number of benzene rings is 1. The monoisotopic (exact) mass is 209 g/mol. The first-order chi connectivity index (χ1) is 6.66. The fraction of sp³-hybridized carbons (Fsp3) is 0.364. The van der Waals surface area contributed by atoms with Crippen LogP contribution in [0.1, 0.15) is 24.8 Å². The molecule has 2 rings (SSSR count). The van der Waals surface area contributed by atoms with Gasteiger partial charge >= 0.3 is 0 Å². The van der Waals surface area contributed by atoms with E-state index < -0.39 is 5.41 Å². The highest BCUT2D eigenvalue weighted by atomic mass is 35.5. The molecule has 0 radical (unpaired) electrons. The molecule has 0 bridgehead atoms. The van der Waals surface area contributed by atoms with Crippen LogP contribution in [0.4, 0.5) is 4.39 Å². The maximum atomic E-state index is 13.1. The number of hydrogen-bond acceptors (Lipinski definition) is 1. The normalized spacial score (nSPS) is 18.4. The van der Waals surface area contributed by atoms with Gasteiger partial charge in [0.2, 0.25) is 0 Å². The van der Waals surface area contributed by atoms with Gasteiger partial charge in [0.15, 0.2) is 0 Å². The first-order valence-corrected chi connectivity index (χ1v) is 4.92. The lowest BCUT2D eigenvalue weighted by Gasteiger charge is -2.35. The second kappa shape index (κ2) is 3.25. The van der Waals surface area contributed by atoms with E-state index in [0.717, 1.165) is 24.8 Å². The molecule has 0 saturated heterocycles. The molecule has 1 aliphatic carbocycles. The summed E-state index contributed by atoms with van der Waals surface area (Å²) in [6, 6.07) is 6.62. The van der Waals surface area contributed by atoms with Gasteiger partial charge in [-0.1, -0.05) is 11.6 Å². The fourth-order valence-electron chi connectivity index (χ4n) is 1.83. The van der Waals surface area contributed by atoms with Crippen LogP contribution in [-0.4, -0.2) is 0 Å². The van der Waals surface area contributed by atoms with E-state index in [1.165, 1.54) is 12.1 Å². The molecule has 0 unspecified atom stereocenters. The largest absolute Gasteiger partial charge is 0.207 e. The molecule has 0 spiro atoms. The summed E-state index contributed by atoms with van der Waals surface area (Å²) in [6.45, 7) is 0. The van der Waals surface area contributed by atoms with Gasteiger partial charge in [0, 0.05) is 5.02 Å². The van der Waals surface area contributed by atoms with Crippen molar-refractivity contribution in [2.45, 2.75) is 24.7 Å². The third kappa shape index (κ3) is 1.38. The molecular weight excluding hydrogens is 201 g/mol. The number of halogens is 2. The van der Waals surface area contributed by atoms with Gasteiger partial charge in [-0.3, -0.25) is 0 Å². The van der Waals surface area contributed by atoms with Crippen molar-refractivity contribution in [3.63, 3.8) is 0 Å². The van der Waals surface area contributed by atoms with E-state index in [4.69, 9.17) is 16.9 Å². The lowest BCUT2D eigenvalue weighted by molar-refractivity contribution is 0.323. The zero-order valence-electron chi connectivity index (χ0n) is 7.56. The van der Waals surface area contributed by atoms with E-state index >= 15 is 0 Å². The van der Waals surface area contributed by atoms with Crippen molar-refractivity contribution in [2.24, 2.45) is 0 Å². The van der Waals surface area contributed by atoms with E-state index in [2.05, 4.69) is 6.07 Å². The maximum Gasteiger partial charge on any atom is 0.125 e. The Balaban J connectivity index is 2.46. The van der Waals surface area contributed by atoms with E-state index in [1.54, 1.807) is 6.07 Å². The Morgan fingerprint density at radius 2 is 2.07 bits per heavy atom. The molecule has 0 heterocycles. The third-order valence-corrected chi connectivity index (χ3v) is 3.05. The van der Waals surface area contributed by atoms with Crippen LogP contribution in [0.2, 0.25) is 5.02 Å². The summed E-state index contributed by atoms with van der Waals surface area (Å²) in [5.41, 5.74) is 0.238. The minimum absolute atomic E-state index is 0.363. The summed E-state index contributed by atoms with van der Waals surface area (Å²) in [5, 5.41) is 9.42. The van der Waals surface area contributed by atoms with Crippen LogP contribution in [0.3, 0.4) is 0 Å². The number of nitrogens with zero attached hydrogens (tertiary/aromatic N) is 1. The Kier molecular flexibility index (Phi) is 2.20. The molecular formula is C11H9ClFN. The van der Waals surface area contributed by atoms with Crippen LogP contribution in [-0.2, 0) is 5.41 Å². The molecule has 1 aliphatic rings. The Labute approximate surface area is 87.1 Å². The third-order valence-electron chi connectivity index (χ3n) is 2.84. The van der Waals surface area contributed by atoms with Gasteiger partial charge in [0.05, 0.1) is 11.5 Å². The van der Waals surface area contributed by atoms with Gasteiger partial charge in [0.1, 0.15) is 5.82 Å². The maximum absolute atomic E-state index is 13.1. The molecule has 3 heteroatoms. The van der Waals surface area contributed by atoms with Crippen LogP contribution in [0.25, 0.3) is 0 Å². The molecule has 0 aromatic heterocycles. The van der Waals surface area contributed by atoms with Crippen LogP contribution in [0, 0.1) is 17.1 Å². The van der Waals surface area contributed by atoms with Crippen molar-refractivity contribution < 1.29 is 4.39 Å². The van der Waals surface area contributed by atoms with E-state index in [9.17, 15) is 4.39 Å². The number of rotatable bonds is 1. The molecule has 0 N–H and O–H groups in total. The second-order valence-corrected chi connectivity index (χ2v) is 4.14. The summed E-state index contributed by atoms with van der Waals surface area (Å²) in [6.07, 6.45) is 2.65. The highest BCUT2D eigenvalue weighted by molar-refractivity contribution is 6.30. The van der Waals surface area contributed by atoms with Gasteiger partial charge in [-0.25, -0.2) is 4.39 Å². The summed E-state index contributed by atoms with van der Waals surface area (Å²) in [4.78, 5) is 0. The first kappa shape index (κ1) is 9.48. The minimum Gasteiger partial charge on any atom is -0.207 e. The zero-order valence-corrected chi connectivity index (χ0v) is 8.31. The Morgan fingerprint density at radius 1 is 1.36 bits per heavy atom. The summed E-state index contributed by atoms with van der Waals surface area (Å²) >= 11 is 5.74. The molecule has 72 valence electrons. The predicted molar refractivity (Wildman–Crippen MR) is 52.6 cm³/mol. The molecule has 0 amide bonds. The Hall–Kier alpha value is -1.07. The SMILES string of the molecule is N#CC1(c2cc(F)cc(Cl)c2)CCC1. The van der Waals surface area contributed by atoms with Crippen molar-refractivity contribution in [3.8, 4) is 6.07 Å². The summed E-state index contributed by atoms with van der Waals surface area (Å²) in [5.74, 6) is -0.367. The lowest BCUT2D eigenvalue weighted by atomic mass is 9.65. The van der Waals surface area contributed by atoms with E-state index in [0.29, 0.717) is 5.02 Å². The topological polar surface area (TPSA) is 23.8 Å². The highest BCUT2D eigenvalue weighted by Crippen LogP contribution is 2.43. The standard InChI is InChI=1S/C11H9ClFN/c12-9-4-8(5-10(13)6-9)11(7-14)2-1-3-11/h4-6H,1-3H2. The fourth-order valence-corrected chi connectivity index (χ4v) is 2.05. The predicted octanol–water partition coefficient (Wildman–Crippen LogP) is 3.42. The van der Waals surface area contributed by atoms with E-state index in [-0.39, 0.29) is 5.82 Å². The molecule has 1 nitrogen and oxygen atoms in total. The van der Waals surface area contributed by atoms with E-state index in [1.807, 2.05) is 0 Å². The number of hydrogen-bond donors (Lipinski definition) is 0. The molecule has 0 atom stereocenters. The van der Waals surface area contributed by atoms with Gasteiger partial charge in [-0.05, 0) is 43.0 Å². The van der Waals surface area contributed by atoms with Crippen molar-refractivity contribution in [1.29, 1.82) is 5.26 Å². The molecule has 1 aromatic carbocycles. The Morgan fingerprint density at radius 3 is 2.50 bits per heavy atom. The van der Waals surface area contributed by atoms with Crippen molar-refractivity contribution >= 4 is 11.6 Å². The molecule has 0 aliphatic heterocycles. The average Bonchev–Trinajstić information content (AvgIpc) is 2.01. The van der Waals surface area contributed by atoms with Gasteiger partial charge in [-0.2, -0.15) is 5.26 Å². The Bertz CT molecular complexity index is 384. The number of nitriles is 1. The first-order valence-electron chi connectivity index (χ1n) is 4.54. The van der Waals surface area contributed by atoms with Gasteiger partial charge < -0.3 is 0 Å². The van der Waals surface area contributed by atoms with Gasteiger partial charge in [0.25, 0.3) is 0 Å². The van der Waals surface area contributed by atoms with Crippen molar-refractivity contribution in [2.75, 3.05) is 0 Å².